The molecule has 1 aromatic rings. The van der Waals surface area contributed by atoms with Crippen molar-refractivity contribution in [3.63, 3.8) is 0 Å². The Labute approximate surface area is 82.3 Å². The molecule has 2 nitrogen and oxygen atoms in total. The van der Waals surface area contributed by atoms with Gasteiger partial charge in [-0.2, -0.15) is 0 Å². The minimum Gasteiger partial charge on any atom is -0.373 e. The number of carbonyl (C=O) groups excluding carboxylic acids is 1. The van der Waals surface area contributed by atoms with Gasteiger partial charge in [0, 0.05) is 17.8 Å². The van der Waals surface area contributed by atoms with E-state index >= 15 is 0 Å². The first-order valence-corrected chi connectivity index (χ1v) is 5.01. The Bertz CT molecular complexity index is 248. The molecule has 0 amide bonds. The minimum absolute atomic E-state index is 0.301. The summed E-state index contributed by atoms with van der Waals surface area (Å²) in [6.45, 7) is 0. The molecule has 1 atom stereocenters. The third kappa shape index (κ3) is 3.61. The Hall–Kier alpha value is -0.800. The van der Waals surface area contributed by atoms with Gasteiger partial charge in [-0.05, 0) is 12.1 Å². The molecule has 0 aromatic heterocycles. The van der Waals surface area contributed by atoms with Gasteiger partial charge in [0.1, 0.15) is 12.4 Å². The molecular weight excluding hydrogens is 184 g/mol. The summed E-state index contributed by atoms with van der Waals surface area (Å²) in [5, 5.41) is 0. The lowest BCUT2D eigenvalue weighted by atomic mass is 10.4. The molecule has 0 saturated heterocycles. The molecule has 0 fully saturated rings. The van der Waals surface area contributed by atoms with Crippen molar-refractivity contribution in [2.45, 2.75) is 11.0 Å². The van der Waals surface area contributed by atoms with Crippen LogP contribution in [0, 0.1) is 0 Å². The average Bonchev–Trinajstić information content (AvgIpc) is 2.21. The third-order valence-electron chi connectivity index (χ3n) is 1.61. The van der Waals surface area contributed by atoms with Crippen LogP contribution in [0.4, 0.5) is 0 Å². The molecule has 1 aromatic carbocycles. The van der Waals surface area contributed by atoms with E-state index in [9.17, 15) is 4.79 Å². The zero-order valence-corrected chi connectivity index (χ0v) is 8.29. The molecule has 1 rings (SSSR count). The Morgan fingerprint density at radius 3 is 2.69 bits per heavy atom. The smallest absolute Gasteiger partial charge is 0.149 e. The van der Waals surface area contributed by atoms with E-state index in [1.807, 2.05) is 30.3 Å². The fourth-order valence-electron chi connectivity index (χ4n) is 0.858. The number of hydrogen-bond donors (Lipinski definition) is 0. The Morgan fingerprint density at radius 2 is 2.15 bits per heavy atom. The van der Waals surface area contributed by atoms with Crippen LogP contribution in [0.2, 0.25) is 0 Å². The van der Waals surface area contributed by atoms with E-state index in [0.29, 0.717) is 5.75 Å². The molecule has 0 saturated carbocycles. The van der Waals surface area contributed by atoms with Crippen molar-refractivity contribution < 1.29 is 9.53 Å². The molecule has 0 aliphatic heterocycles. The summed E-state index contributed by atoms with van der Waals surface area (Å²) in [5.41, 5.74) is 0. The molecule has 0 N–H and O–H groups in total. The highest BCUT2D eigenvalue weighted by molar-refractivity contribution is 7.99. The molecular formula is C10H12O2S. The van der Waals surface area contributed by atoms with E-state index in [4.69, 9.17) is 4.74 Å². The minimum atomic E-state index is -0.301. The number of rotatable bonds is 5. The van der Waals surface area contributed by atoms with Gasteiger partial charge in [0.05, 0.1) is 0 Å². The monoisotopic (exact) mass is 196 g/mol. The van der Waals surface area contributed by atoms with Crippen molar-refractivity contribution in [2.24, 2.45) is 0 Å². The fourth-order valence-corrected chi connectivity index (χ4v) is 1.78. The van der Waals surface area contributed by atoms with Gasteiger partial charge in [0.2, 0.25) is 0 Å². The molecule has 0 heterocycles. The van der Waals surface area contributed by atoms with Gasteiger partial charge in [-0.25, -0.2) is 0 Å². The van der Waals surface area contributed by atoms with E-state index in [1.54, 1.807) is 18.9 Å². The maximum absolute atomic E-state index is 10.4. The summed E-state index contributed by atoms with van der Waals surface area (Å²) >= 11 is 1.62. The lowest BCUT2D eigenvalue weighted by Gasteiger charge is -2.06. The second-order valence-corrected chi connectivity index (χ2v) is 3.63. The summed E-state index contributed by atoms with van der Waals surface area (Å²) in [5.74, 6) is 0.671. The molecule has 0 bridgehead atoms. The molecule has 0 aliphatic rings. The predicted molar refractivity (Wildman–Crippen MR) is 54.0 cm³/mol. The first kappa shape index (κ1) is 10.3. The highest BCUT2D eigenvalue weighted by atomic mass is 32.2. The Morgan fingerprint density at radius 1 is 1.46 bits per heavy atom. The van der Waals surface area contributed by atoms with Crippen molar-refractivity contribution in [1.29, 1.82) is 0 Å². The van der Waals surface area contributed by atoms with Crippen molar-refractivity contribution in [3.05, 3.63) is 30.3 Å². The highest BCUT2D eigenvalue weighted by Gasteiger charge is 2.04. The van der Waals surface area contributed by atoms with E-state index < -0.39 is 0 Å². The van der Waals surface area contributed by atoms with Gasteiger partial charge in [-0.3, -0.25) is 0 Å². The number of aldehydes is 1. The summed E-state index contributed by atoms with van der Waals surface area (Å²) in [6.07, 6.45) is 0.529. The number of ether oxygens (including phenoxy) is 1. The fraction of sp³-hybridized carbons (Fsp3) is 0.300. The zero-order valence-electron chi connectivity index (χ0n) is 7.47. The molecule has 0 aliphatic carbocycles. The summed E-state index contributed by atoms with van der Waals surface area (Å²) in [6, 6.07) is 9.96. The van der Waals surface area contributed by atoms with Gasteiger partial charge in [0.15, 0.2) is 0 Å². The number of hydrogen-bond acceptors (Lipinski definition) is 3. The second kappa shape index (κ2) is 5.78. The lowest BCUT2D eigenvalue weighted by Crippen LogP contribution is -2.14. The van der Waals surface area contributed by atoms with Crippen LogP contribution in [0.3, 0.4) is 0 Å². The summed E-state index contributed by atoms with van der Waals surface area (Å²) in [7, 11) is 1.55. The number of carbonyl (C=O) groups is 1. The van der Waals surface area contributed by atoms with Crippen LogP contribution in [-0.4, -0.2) is 25.3 Å². The topological polar surface area (TPSA) is 26.3 Å². The second-order valence-electron chi connectivity index (χ2n) is 2.53. The molecule has 0 radical (unpaired) electrons. The molecule has 0 spiro atoms. The quantitative estimate of drug-likeness (QED) is 0.532. The summed E-state index contributed by atoms with van der Waals surface area (Å²) < 4.78 is 4.93. The maximum Gasteiger partial charge on any atom is 0.149 e. The van der Waals surface area contributed by atoms with Gasteiger partial charge in [0.25, 0.3) is 0 Å². The molecule has 3 heteroatoms. The first-order valence-electron chi connectivity index (χ1n) is 4.02. The van der Waals surface area contributed by atoms with Crippen LogP contribution in [0.5, 0.6) is 0 Å². The van der Waals surface area contributed by atoms with Crippen LogP contribution in [0.15, 0.2) is 35.2 Å². The standard InChI is InChI=1S/C10H12O2S/c1-12-9(7-11)8-13-10-5-3-2-4-6-10/h2-7,9H,8H2,1H3. The largest absolute Gasteiger partial charge is 0.373 e. The van der Waals surface area contributed by atoms with Gasteiger partial charge >= 0.3 is 0 Å². The van der Waals surface area contributed by atoms with E-state index in [1.165, 1.54) is 0 Å². The molecule has 1 unspecified atom stereocenters. The van der Waals surface area contributed by atoms with Gasteiger partial charge in [-0.1, -0.05) is 18.2 Å². The SMILES string of the molecule is COC(C=O)CSc1ccccc1. The first-order chi connectivity index (χ1) is 6.36. The highest BCUT2D eigenvalue weighted by Crippen LogP contribution is 2.17. The Kier molecular flexibility index (Phi) is 4.57. The Balaban J connectivity index is 2.38. The molecule has 70 valence electrons. The van der Waals surface area contributed by atoms with Crippen molar-refractivity contribution >= 4 is 18.0 Å². The number of methoxy groups -OCH3 is 1. The predicted octanol–water partition coefficient (Wildman–Crippen LogP) is 1.99. The number of benzene rings is 1. The zero-order chi connectivity index (χ0) is 9.52. The van der Waals surface area contributed by atoms with Crippen molar-refractivity contribution in [2.75, 3.05) is 12.9 Å². The summed E-state index contributed by atoms with van der Waals surface area (Å²) in [4.78, 5) is 11.6. The van der Waals surface area contributed by atoms with Gasteiger partial charge < -0.3 is 9.53 Å². The van der Waals surface area contributed by atoms with Gasteiger partial charge in [-0.15, -0.1) is 11.8 Å². The average molecular weight is 196 g/mol. The van der Waals surface area contributed by atoms with E-state index in [0.717, 1.165) is 11.2 Å². The van der Waals surface area contributed by atoms with E-state index in [-0.39, 0.29) is 6.10 Å². The molecule has 13 heavy (non-hydrogen) atoms. The van der Waals surface area contributed by atoms with Crippen LogP contribution in [0.25, 0.3) is 0 Å². The maximum atomic E-state index is 10.4. The van der Waals surface area contributed by atoms with Crippen LogP contribution in [-0.2, 0) is 9.53 Å². The number of thioether (sulfide) groups is 1. The van der Waals surface area contributed by atoms with Crippen molar-refractivity contribution in [3.8, 4) is 0 Å². The van der Waals surface area contributed by atoms with Crippen LogP contribution >= 0.6 is 11.8 Å². The van der Waals surface area contributed by atoms with E-state index in [2.05, 4.69) is 0 Å². The normalized spacial score (nSPS) is 12.4. The third-order valence-corrected chi connectivity index (χ3v) is 2.71. The van der Waals surface area contributed by atoms with Crippen LogP contribution in [0.1, 0.15) is 0 Å². The van der Waals surface area contributed by atoms with Crippen LogP contribution < -0.4 is 0 Å². The lowest BCUT2D eigenvalue weighted by molar-refractivity contribution is -0.115. The van der Waals surface area contributed by atoms with Crippen molar-refractivity contribution in [1.82, 2.24) is 0 Å².